The van der Waals surface area contributed by atoms with Crippen molar-refractivity contribution in [2.75, 3.05) is 0 Å². The second-order valence-corrected chi connectivity index (χ2v) is 5.51. The van der Waals surface area contributed by atoms with E-state index in [2.05, 4.69) is 4.98 Å². The summed E-state index contributed by atoms with van der Waals surface area (Å²) in [5.41, 5.74) is 0.0617. The van der Waals surface area contributed by atoms with Gasteiger partial charge in [-0.1, -0.05) is 35.1 Å². The molecule has 0 aliphatic heterocycles. The minimum absolute atomic E-state index is 0.114. The number of rotatable bonds is 3. The van der Waals surface area contributed by atoms with E-state index < -0.39 is 17.0 Å². The monoisotopic (exact) mass is 340 g/mol. The van der Waals surface area contributed by atoms with Gasteiger partial charge in [0.05, 0.1) is 5.69 Å². The largest absolute Gasteiger partial charge is 0.421 e. The first-order valence-corrected chi connectivity index (χ1v) is 7.34. The normalized spacial score (nSPS) is 10.6. The first-order valence-electron chi connectivity index (χ1n) is 7.34. The molecule has 0 fully saturated rings. The Hall–Kier alpha value is -3.48. The van der Waals surface area contributed by atoms with Crippen molar-refractivity contribution in [2.24, 2.45) is 0 Å². The van der Waals surface area contributed by atoms with Crippen molar-refractivity contribution >= 4 is 5.78 Å². The smallest absolute Gasteiger partial charge is 0.362 e. The molecule has 126 valence electrons. The molecular weight excluding hydrogens is 327 g/mol. The molecule has 0 aliphatic rings. The average molecular weight is 340 g/mol. The van der Waals surface area contributed by atoms with Gasteiger partial charge in [-0.25, -0.2) is 9.18 Å². The molecule has 0 bridgehead atoms. The first-order chi connectivity index (χ1) is 11.9. The number of nitrogens with one attached hydrogen (secondary N) is 1. The fourth-order valence-electron chi connectivity index (χ4n) is 2.41. The maximum atomic E-state index is 13.3. The lowest BCUT2D eigenvalue weighted by molar-refractivity contribution is 0.103. The number of aromatic nitrogens is 2. The van der Waals surface area contributed by atoms with Crippen LogP contribution in [0, 0.1) is 12.7 Å². The molecule has 3 aromatic rings. The van der Waals surface area contributed by atoms with Gasteiger partial charge in [-0.05, 0) is 35.7 Å². The predicted molar refractivity (Wildman–Crippen MR) is 88.5 cm³/mol. The SMILES string of the molecule is Cc1cc(-c2ccc(C(=O)c3cc(=O)n(O)c(=O)[nH]3)cc2)ccc1F. The number of carbonyl (C=O) groups is 1. The van der Waals surface area contributed by atoms with Gasteiger partial charge in [-0.3, -0.25) is 9.59 Å². The van der Waals surface area contributed by atoms with Crippen molar-refractivity contribution < 1.29 is 14.4 Å². The quantitative estimate of drug-likeness (QED) is 0.564. The minimum Gasteiger partial charge on any atom is -0.421 e. The van der Waals surface area contributed by atoms with E-state index in [0.717, 1.165) is 17.2 Å². The molecular formula is C18H13FN2O4. The highest BCUT2D eigenvalue weighted by Gasteiger charge is 2.13. The zero-order valence-electron chi connectivity index (χ0n) is 13.1. The molecule has 0 amide bonds. The number of H-pyrrole nitrogens is 1. The van der Waals surface area contributed by atoms with E-state index >= 15 is 0 Å². The summed E-state index contributed by atoms with van der Waals surface area (Å²) in [4.78, 5) is 37.3. The van der Waals surface area contributed by atoms with Crippen molar-refractivity contribution in [3.63, 3.8) is 0 Å². The van der Waals surface area contributed by atoms with Crippen molar-refractivity contribution in [3.8, 4) is 11.1 Å². The number of hydrogen-bond acceptors (Lipinski definition) is 4. The van der Waals surface area contributed by atoms with Crippen LogP contribution in [0.4, 0.5) is 4.39 Å². The molecule has 3 rings (SSSR count). The third-order valence-electron chi connectivity index (χ3n) is 3.79. The van der Waals surface area contributed by atoms with Gasteiger partial charge in [0.15, 0.2) is 0 Å². The lowest BCUT2D eigenvalue weighted by atomic mass is 10.00. The number of hydrogen-bond donors (Lipinski definition) is 2. The summed E-state index contributed by atoms with van der Waals surface area (Å²) in [6.07, 6.45) is 0. The summed E-state index contributed by atoms with van der Waals surface area (Å²) in [6, 6.07) is 12.0. The van der Waals surface area contributed by atoms with Crippen LogP contribution in [0.2, 0.25) is 0 Å². The Morgan fingerprint density at radius 2 is 1.68 bits per heavy atom. The average Bonchev–Trinajstić information content (AvgIpc) is 2.61. The van der Waals surface area contributed by atoms with E-state index in [1.54, 1.807) is 43.3 Å². The minimum atomic E-state index is -1.09. The van der Waals surface area contributed by atoms with Crippen LogP contribution in [-0.4, -0.2) is 20.7 Å². The maximum absolute atomic E-state index is 13.3. The third kappa shape index (κ3) is 3.12. The summed E-state index contributed by atoms with van der Waals surface area (Å²) < 4.78 is 13.2. The molecule has 0 spiro atoms. The van der Waals surface area contributed by atoms with E-state index in [1.807, 2.05) is 0 Å². The second kappa shape index (κ2) is 6.20. The Kier molecular flexibility index (Phi) is 4.06. The molecule has 0 saturated carbocycles. The number of carbonyl (C=O) groups excluding carboxylic acids is 1. The Balaban J connectivity index is 1.94. The van der Waals surface area contributed by atoms with Crippen LogP contribution in [0.1, 0.15) is 21.6 Å². The van der Waals surface area contributed by atoms with E-state index in [-0.39, 0.29) is 21.8 Å². The van der Waals surface area contributed by atoms with E-state index in [0.29, 0.717) is 5.56 Å². The van der Waals surface area contributed by atoms with Gasteiger partial charge in [-0.2, -0.15) is 0 Å². The van der Waals surface area contributed by atoms with Gasteiger partial charge in [0.2, 0.25) is 5.78 Å². The summed E-state index contributed by atoms with van der Waals surface area (Å²) in [5.74, 6) is -0.852. The van der Waals surface area contributed by atoms with Crippen LogP contribution in [0.5, 0.6) is 0 Å². The number of nitrogens with zero attached hydrogens (tertiary/aromatic N) is 1. The predicted octanol–water partition coefficient (Wildman–Crippen LogP) is 2.12. The van der Waals surface area contributed by atoms with E-state index in [9.17, 15) is 18.8 Å². The fraction of sp³-hybridized carbons (Fsp3) is 0.0556. The number of benzene rings is 2. The molecule has 2 N–H and O–H groups in total. The lowest BCUT2D eigenvalue weighted by Crippen LogP contribution is -2.34. The van der Waals surface area contributed by atoms with Crippen molar-refractivity contribution in [1.29, 1.82) is 0 Å². The van der Waals surface area contributed by atoms with E-state index in [4.69, 9.17) is 5.21 Å². The second-order valence-electron chi connectivity index (χ2n) is 5.51. The topological polar surface area (TPSA) is 92.2 Å². The molecule has 1 aromatic heterocycles. The number of aromatic amines is 1. The summed E-state index contributed by atoms with van der Waals surface area (Å²) in [7, 11) is 0. The number of aryl methyl sites for hydroxylation is 1. The fourth-order valence-corrected chi connectivity index (χ4v) is 2.41. The first kappa shape index (κ1) is 16.4. The highest BCUT2D eigenvalue weighted by Crippen LogP contribution is 2.22. The number of ketones is 1. The van der Waals surface area contributed by atoms with Crippen LogP contribution >= 0.6 is 0 Å². The van der Waals surface area contributed by atoms with Gasteiger partial charge in [0.25, 0.3) is 5.56 Å². The van der Waals surface area contributed by atoms with Crippen LogP contribution < -0.4 is 11.2 Å². The Morgan fingerprint density at radius 3 is 2.28 bits per heavy atom. The summed E-state index contributed by atoms with van der Waals surface area (Å²) >= 11 is 0. The molecule has 0 unspecified atom stereocenters. The zero-order chi connectivity index (χ0) is 18.1. The maximum Gasteiger partial charge on any atom is 0.362 e. The zero-order valence-corrected chi connectivity index (χ0v) is 13.1. The highest BCUT2D eigenvalue weighted by atomic mass is 19.1. The Morgan fingerprint density at radius 1 is 1.04 bits per heavy atom. The summed E-state index contributed by atoms with van der Waals surface area (Å²) in [5, 5.41) is 9.11. The van der Waals surface area contributed by atoms with Crippen molar-refractivity contribution in [2.45, 2.75) is 6.92 Å². The molecule has 2 aromatic carbocycles. The molecule has 0 saturated heterocycles. The van der Waals surface area contributed by atoms with Crippen molar-refractivity contribution in [3.05, 3.63) is 92.0 Å². The summed E-state index contributed by atoms with van der Waals surface area (Å²) in [6.45, 7) is 1.66. The van der Waals surface area contributed by atoms with Gasteiger partial charge < -0.3 is 10.2 Å². The molecule has 1 heterocycles. The standard InChI is InChI=1S/C18H13FN2O4/c1-10-8-13(6-7-14(10)19)11-2-4-12(5-3-11)17(23)15-9-16(22)21(25)18(24)20-15/h2-9,25H,1H3,(H,20,24). The third-order valence-corrected chi connectivity index (χ3v) is 3.79. The highest BCUT2D eigenvalue weighted by molar-refractivity contribution is 6.07. The van der Waals surface area contributed by atoms with Gasteiger partial charge >= 0.3 is 5.69 Å². The van der Waals surface area contributed by atoms with Gasteiger partial charge in [0, 0.05) is 11.6 Å². The number of halogens is 1. The van der Waals surface area contributed by atoms with Crippen molar-refractivity contribution in [1.82, 2.24) is 9.71 Å². The molecule has 0 aliphatic carbocycles. The lowest BCUT2D eigenvalue weighted by Gasteiger charge is -2.06. The Bertz CT molecular complexity index is 1050. The molecule has 0 radical (unpaired) electrons. The van der Waals surface area contributed by atoms with Crippen LogP contribution in [0.3, 0.4) is 0 Å². The van der Waals surface area contributed by atoms with Gasteiger partial charge in [-0.15, -0.1) is 0 Å². The molecule has 0 atom stereocenters. The van der Waals surface area contributed by atoms with E-state index in [1.165, 1.54) is 6.07 Å². The molecule has 25 heavy (non-hydrogen) atoms. The van der Waals surface area contributed by atoms with Crippen LogP contribution in [-0.2, 0) is 0 Å². The molecule has 7 heteroatoms. The Labute approximate surface area is 140 Å². The van der Waals surface area contributed by atoms with Gasteiger partial charge in [0.1, 0.15) is 5.82 Å². The molecule has 6 nitrogen and oxygen atoms in total. The van der Waals surface area contributed by atoms with Crippen LogP contribution in [0.15, 0.2) is 58.1 Å². The van der Waals surface area contributed by atoms with Crippen LogP contribution in [0.25, 0.3) is 11.1 Å².